The van der Waals surface area contributed by atoms with E-state index >= 15 is 0 Å². The van der Waals surface area contributed by atoms with Gasteiger partial charge in [-0.3, -0.25) is 4.79 Å². The van der Waals surface area contributed by atoms with E-state index in [0.29, 0.717) is 0 Å². The second-order valence-electron chi connectivity index (χ2n) is 4.55. The number of nitrogens with one attached hydrogen (secondary N) is 1. The van der Waals surface area contributed by atoms with Crippen LogP contribution in [0.2, 0.25) is 0 Å². The van der Waals surface area contributed by atoms with E-state index < -0.39 is 0 Å². The van der Waals surface area contributed by atoms with Crippen LogP contribution in [0.15, 0.2) is 50.3 Å². The van der Waals surface area contributed by atoms with Crippen LogP contribution in [-0.4, -0.2) is 4.57 Å². The summed E-state index contributed by atoms with van der Waals surface area (Å²) in [6, 6.07) is 9.57. The quantitative estimate of drug-likeness (QED) is 0.808. The second-order valence-corrected chi connectivity index (χ2v) is 6.26. The van der Waals surface area contributed by atoms with Crippen LogP contribution in [0, 0.1) is 0 Å². The van der Waals surface area contributed by atoms with Crippen molar-refractivity contribution < 1.29 is 0 Å². The molecule has 0 unspecified atom stereocenters. The molecule has 20 heavy (non-hydrogen) atoms. The number of halogens is 2. The Morgan fingerprint density at radius 1 is 1.15 bits per heavy atom. The maximum absolute atomic E-state index is 11.6. The first kappa shape index (κ1) is 15.3. The fourth-order valence-electron chi connectivity index (χ4n) is 1.91. The number of aryl methyl sites for hydroxylation is 1. The number of nitrogens with zero attached hydrogens (tertiary/aromatic N) is 1. The van der Waals surface area contributed by atoms with Gasteiger partial charge >= 0.3 is 0 Å². The molecule has 0 amide bonds. The minimum atomic E-state index is 0.0452. The number of rotatable bonds is 5. The molecule has 0 fully saturated rings. The summed E-state index contributed by atoms with van der Waals surface area (Å²) in [7, 11) is 0. The summed E-state index contributed by atoms with van der Waals surface area (Å²) >= 11 is 6.95. The van der Waals surface area contributed by atoms with Gasteiger partial charge in [-0.25, -0.2) is 0 Å². The van der Waals surface area contributed by atoms with E-state index in [1.54, 1.807) is 10.6 Å². The highest BCUT2D eigenvalue weighted by Crippen LogP contribution is 2.24. The van der Waals surface area contributed by atoms with E-state index in [9.17, 15) is 4.79 Å². The number of aromatic nitrogens is 1. The van der Waals surface area contributed by atoms with Crippen molar-refractivity contribution in [3.05, 3.63) is 61.4 Å². The lowest BCUT2D eigenvalue weighted by atomic mass is 10.2. The summed E-state index contributed by atoms with van der Waals surface area (Å²) in [5.74, 6) is 0. The summed E-state index contributed by atoms with van der Waals surface area (Å²) < 4.78 is 3.81. The molecule has 0 aliphatic rings. The third-order valence-corrected chi connectivity index (χ3v) is 4.81. The Hall–Kier alpha value is -1.07. The summed E-state index contributed by atoms with van der Waals surface area (Å²) in [6.07, 6.45) is 2.82. The van der Waals surface area contributed by atoms with E-state index in [1.165, 1.54) is 5.56 Å². The van der Waals surface area contributed by atoms with Crippen molar-refractivity contribution in [1.29, 1.82) is 0 Å². The molecular weight excluding hydrogens is 384 g/mol. The predicted octanol–water partition coefficient (Wildman–Crippen LogP) is 4.40. The van der Waals surface area contributed by atoms with Gasteiger partial charge in [0.2, 0.25) is 0 Å². The smallest absolute Gasteiger partial charge is 0.250 e. The molecule has 1 aromatic heterocycles. The van der Waals surface area contributed by atoms with Gasteiger partial charge in [-0.15, -0.1) is 0 Å². The van der Waals surface area contributed by atoms with Crippen LogP contribution in [0.3, 0.4) is 0 Å². The summed E-state index contributed by atoms with van der Waals surface area (Å²) in [5.41, 5.74) is 2.18. The van der Waals surface area contributed by atoms with Crippen molar-refractivity contribution in [1.82, 2.24) is 4.57 Å². The maximum Gasteiger partial charge on any atom is 0.250 e. The third-order valence-electron chi connectivity index (χ3n) is 2.93. The van der Waals surface area contributed by atoms with Gasteiger partial charge in [0.25, 0.3) is 5.56 Å². The molecule has 1 N–H and O–H groups in total. The molecule has 0 atom stereocenters. The van der Waals surface area contributed by atoms with Gasteiger partial charge in [0.1, 0.15) is 0 Å². The largest absolute Gasteiger partial charge is 0.380 e. The van der Waals surface area contributed by atoms with E-state index in [0.717, 1.165) is 34.1 Å². The number of benzene rings is 1. The zero-order valence-electron chi connectivity index (χ0n) is 11.2. The molecule has 2 rings (SSSR count). The third kappa shape index (κ3) is 3.96. The molecule has 5 heteroatoms. The molecule has 0 aliphatic carbocycles. The average Bonchev–Trinajstić information content (AvgIpc) is 2.43. The molecule has 2 aromatic rings. The van der Waals surface area contributed by atoms with Gasteiger partial charge in [-0.2, -0.15) is 0 Å². The van der Waals surface area contributed by atoms with Gasteiger partial charge in [0, 0.05) is 34.3 Å². The van der Waals surface area contributed by atoms with E-state index in [4.69, 9.17) is 0 Å². The monoisotopic (exact) mass is 398 g/mol. The molecule has 0 saturated heterocycles. The lowest BCUT2D eigenvalue weighted by molar-refractivity contribution is 0.655. The molecule has 3 nitrogen and oxygen atoms in total. The Morgan fingerprint density at radius 3 is 2.65 bits per heavy atom. The Balaban J connectivity index is 2.08. The van der Waals surface area contributed by atoms with Crippen molar-refractivity contribution in [2.75, 3.05) is 5.32 Å². The topological polar surface area (TPSA) is 34.0 Å². The van der Waals surface area contributed by atoms with Crippen LogP contribution >= 0.6 is 31.9 Å². The maximum atomic E-state index is 11.6. The lowest BCUT2D eigenvalue weighted by Crippen LogP contribution is -2.18. The minimum Gasteiger partial charge on any atom is -0.380 e. The highest BCUT2D eigenvalue weighted by atomic mass is 79.9. The summed E-state index contributed by atoms with van der Waals surface area (Å²) in [5, 5.41) is 3.34. The molecule has 0 bridgehead atoms. The zero-order chi connectivity index (χ0) is 14.5. The van der Waals surface area contributed by atoms with Crippen LogP contribution in [-0.2, 0) is 13.1 Å². The van der Waals surface area contributed by atoms with E-state index in [2.05, 4.69) is 56.2 Å². The fraction of sp³-hybridized carbons (Fsp3) is 0.267. The highest BCUT2D eigenvalue weighted by Gasteiger charge is 2.01. The average molecular weight is 400 g/mol. The number of pyridine rings is 1. The fourth-order valence-corrected chi connectivity index (χ4v) is 2.58. The van der Waals surface area contributed by atoms with Crippen molar-refractivity contribution in [2.45, 2.75) is 26.4 Å². The van der Waals surface area contributed by atoms with Gasteiger partial charge in [-0.1, -0.05) is 13.0 Å². The summed E-state index contributed by atoms with van der Waals surface area (Å²) in [4.78, 5) is 11.6. The molecule has 1 aromatic carbocycles. The Labute approximate surface area is 135 Å². The van der Waals surface area contributed by atoms with Crippen LogP contribution < -0.4 is 10.9 Å². The normalized spacial score (nSPS) is 10.6. The van der Waals surface area contributed by atoms with Gasteiger partial charge in [0.05, 0.1) is 5.69 Å². The molecule has 106 valence electrons. The van der Waals surface area contributed by atoms with Crippen molar-refractivity contribution in [3.63, 3.8) is 0 Å². The molecule has 0 saturated carbocycles. The number of hydrogen-bond donors (Lipinski definition) is 1. The van der Waals surface area contributed by atoms with Gasteiger partial charge in [-0.05, 0) is 62.0 Å². The van der Waals surface area contributed by atoms with Crippen molar-refractivity contribution >= 4 is 37.5 Å². The first-order chi connectivity index (χ1) is 9.60. The zero-order valence-corrected chi connectivity index (χ0v) is 14.4. The van der Waals surface area contributed by atoms with Gasteiger partial charge in [0.15, 0.2) is 0 Å². The molecule has 0 spiro atoms. The standard InChI is InChI=1S/C15H16Br2N2O/c1-2-7-19-10-12(4-6-15(19)20)18-9-11-3-5-13(16)14(17)8-11/h3-6,8,10,18H,2,7,9H2,1H3. The molecule has 0 aliphatic heterocycles. The van der Waals surface area contributed by atoms with Crippen molar-refractivity contribution in [3.8, 4) is 0 Å². The van der Waals surface area contributed by atoms with Crippen LogP contribution in [0.5, 0.6) is 0 Å². The van der Waals surface area contributed by atoms with Gasteiger partial charge < -0.3 is 9.88 Å². The molecule has 1 heterocycles. The van der Waals surface area contributed by atoms with Crippen LogP contribution in [0.4, 0.5) is 5.69 Å². The lowest BCUT2D eigenvalue weighted by Gasteiger charge is -2.10. The summed E-state index contributed by atoms with van der Waals surface area (Å²) in [6.45, 7) is 3.53. The molecule has 0 radical (unpaired) electrons. The van der Waals surface area contributed by atoms with Crippen LogP contribution in [0.1, 0.15) is 18.9 Å². The Morgan fingerprint density at radius 2 is 1.95 bits per heavy atom. The molecular formula is C15H16Br2N2O. The number of anilines is 1. The van der Waals surface area contributed by atoms with E-state index in [-0.39, 0.29) is 5.56 Å². The first-order valence-electron chi connectivity index (χ1n) is 6.48. The Bertz CT molecular complexity index is 653. The first-order valence-corrected chi connectivity index (χ1v) is 8.07. The minimum absolute atomic E-state index is 0.0452. The van der Waals surface area contributed by atoms with E-state index in [1.807, 2.05) is 18.3 Å². The SMILES string of the molecule is CCCn1cc(NCc2ccc(Br)c(Br)c2)ccc1=O. The highest BCUT2D eigenvalue weighted by molar-refractivity contribution is 9.13. The van der Waals surface area contributed by atoms with Crippen LogP contribution in [0.25, 0.3) is 0 Å². The van der Waals surface area contributed by atoms with Crippen molar-refractivity contribution in [2.24, 2.45) is 0 Å². The second kappa shape index (κ2) is 7.09. The Kier molecular flexibility index (Phi) is 5.43. The number of hydrogen-bond acceptors (Lipinski definition) is 2. The predicted molar refractivity (Wildman–Crippen MR) is 90.2 cm³/mol.